The molecule has 3 aliphatic rings. The van der Waals surface area contributed by atoms with E-state index in [4.69, 9.17) is 4.74 Å². The van der Waals surface area contributed by atoms with Crippen molar-refractivity contribution in [3.63, 3.8) is 0 Å². The van der Waals surface area contributed by atoms with E-state index in [9.17, 15) is 4.79 Å². The van der Waals surface area contributed by atoms with Crippen molar-refractivity contribution in [3.8, 4) is 5.75 Å². The SMILES string of the molecule is CN(C(=O)C1=Cc2ccccc2OC1)C1CC2CCC(C1)N2. The van der Waals surface area contributed by atoms with Crippen LogP contribution in [0.3, 0.4) is 0 Å². The Morgan fingerprint density at radius 2 is 1.95 bits per heavy atom. The molecule has 4 rings (SSSR count). The molecule has 3 heterocycles. The molecule has 2 fully saturated rings. The molecular formula is C18H22N2O2. The minimum atomic E-state index is 0.112. The third-order valence-electron chi connectivity index (χ3n) is 5.22. The van der Waals surface area contributed by atoms with Gasteiger partial charge >= 0.3 is 0 Å². The van der Waals surface area contributed by atoms with Crippen LogP contribution in [0.25, 0.3) is 6.08 Å². The molecule has 3 aliphatic heterocycles. The van der Waals surface area contributed by atoms with Gasteiger partial charge in [0.2, 0.25) is 0 Å². The molecule has 0 saturated carbocycles. The second-order valence-corrected chi connectivity index (χ2v) is 6.68. The number of hydrogen-bond donors (Lipinski definition) is 1. The summed E-state index contributed by atoms with van der Waals surface area (Å²) in [7, 11) is 1.94. The van der Waals surface area contributed by atoms with Crippen molar-refractivity contribution >= 4 is 12.0 Å². The van der Waals surface area contributed by atoms with E-state index in [2.05, 4.69) is 5.32 Å². The molecule has 2 bridgehead atoms. The second kappa shape index (κ2) is 5.43. The Hall–Kier alpha value is -1.81. The second-order valence-electron chi connectivity index (χ2n) is 6.68. The number of carbonyl (C=O) groups is 1. The number of nitrogens with zero attached hydrogens (tertiary/aromatic N) is 1. The van der Waals surface area contributed by atoms with Gasteiger partial charge in [-0.1, -0.05) is 18.2 Å². The van der Waals surface area contributed by atoms with E-state index >= 15 is 0 Å². The fraction of sp³-hybridized carbons (Fsp3) is 0.500. The molecule has 1 N–H and O–H groups in total. The highest BCUT2D eigenvalue weighted by Crippen LogP contribution is 2.31. The van der Waals surface area contributed by atoms with Gasteiger partial charge in [0.15, 0.2) is 0 Å². The fourth-order valence-electron chi connectivity index (χ4n) is 3.98. The van der Waals surface area contributed by atoms with Crippen molar-refractivity contribution in [1.82, 2.24) is 10.2 Å². The standard InChI is InChI=1S/C18H22N2O2/c1-20(16-9-14-6-7-15(10-16)19-14)18(21)13-8-12-4-2-3-5-17(12)22-11-13/h2-5,8,14-16,19H,6-7,9-11H2,1H3. The smallest absolute Gasteiger partial charge is 0.253 e. The molecule has 0 aliphatic carbocycles. The van der Waals surface area contributed by atoms with Gasteiger partial charge < -0.3 is 15.0 Å². The van der Waals surface area contributed by atoms with E-state index in [0.29, 0.717) is 24.7 Å². The van der Waals surface area contributed by atoms with Crippen LogP contribution < -0.4 is 10.1 Å². The zero-order valence-electron chi connectivity index (χ0n) is 12.9. The third-order valence-corrected chi connectivity index (χ3v) is 5.22. The highest BCUT2D eigenvalue weighted by molar-refractivity contribution is 5.99. The molecule has 116 valence electrons. The summed E-state index contributed by atoms with van der Waals surface area (Å²) in [5.41, 5.74) is 1.75. The third kappa shape index (κ3) is 2.41. The number of piperidine rings is 1. The van der Waals surface area contributed by atoms with Crippen LogP contribution >= 0.6 is 0 Å². The maximum atomic E-state index is 12.8. The Balaban J connectivity index is 1.51. The first kappa shape index (κ1) is 13.8. The quantitative estimate of drug-likeness (QED) is 0.910. The van der Waals surface area contributed by atoms with Crippen molar-refractivity contribution in [2.24, 2.45) is 0 Å². The van der Waals surface area contributed by atoms with Gasteiger partial charge in [0.1, 0.15) is 12.4 Å². The van der Waals surface area contributed by atoms with E-state index in [1.165, 1.54) is 12.8 Å². The summed E-state index contributed by atoms with van der Waals surface area (Å²) in [6.45, 7) is 0.373. The van der Waals surface area contributed by atoms with Gasteiger partial charge in [-0.3, -0.25) is 4.79 Å². The Labute approximate surface area is 131 Å². The van der Waals surface area contributed by atoms with E-state index in [0.717, 1.165) is 29.7 Å². The van der Waals surface area contributed by atoms with Crippen molar-refractivity contribution in [3.05, 3.63) is 35.4 Å². The maximum Gasteiger partial charge on any atom is 0.253 e. The summed E-state index contributed by atoms with van der Waals surface area (Å²) in [4.78, 5) is 14.7. The Morgan fingerprint density at radius 3 is 2.73 bits per heavy atom. The van der Waals surface area contributed by atoms with Gasteiger partial charge in [0, 0.05) is 30.7 Å². The summed E-state index contributed by atoms with van der Waals surface area (Å²) >= 11 is 0. The van der Waals surface area contributed by atoms with Crippen LogP contribution in [0.15, 0.2) is 29.8 Å². The van der Waals surface area contributed by atoms with Crippen LogP contribution in [-0.4, -0.2) is 42.6 Å². The van der Waals surface area contributed by atoms with E-state index < -0.39 is 0 Å². The number of hydrogen-bond acceptors (Lipinski definition) is 3. The number of benzene rings is 1. The number of likely N-dealkylation sites (N-methyl/N-ethyl adjacent to an activating group) is 1. The van der Waals surface area contributed by atoms with Gasteiger partial charge in [0.25, 0.3) is 5.91 Å². The molecule has 4 heteroatoms. The predicted molar refractivity (Wildman–Crippen MR) is 85.7 cm³/mol. The molecule has 4 nitrogen and oxygen atoms in total. The van der Waals surface area contributed by atoms with Crippen LogP contribution in [-0.2, 0) is 4.79 Å². The molecule has 0 radical (unpaired) electrons. The van der Waals surface area contributed by atoms with Crippen LogP contribution in [0, 0.1) is 0 Å². The highest BCUT2D eigenvalue weighted by Gasteiger charge is 2.37. The monoisotopic (exact) mass is 298 g/mol. The van der Waals surface area contributed by atoms with Crippen molar-refractivity contribution in [1.29, 1.82) is 0 Å². The Morgan fingerprint density at radius 1 is 1.23 bits per heavy atom. The zero-order valence-corrected chi connectivity index (χ0v) is 12.9. The largest absolute Gasteiger partial charge is 0.488 e. The van der Waals surface area contributed by atoms with Gasteiger partial charge in [-0.05, 0) is 37.8 Å². The predicted octanol–water partition coefficient (Wildman–Crippen LogP) is 2.20. The molecule has 2 unspecified atom stereocenters. The molecule has 2 saturated heterocycles. The van der Waals surface area contributed by atoms with Gasteiger partial charge in [-0.15, -0.1) is 0 Å². The lowest BCUT2D eigenvalue weighted by Crippen LogP contribution is -2.49. The highest BCUT2D eigenvalue weighted by atomic mass is 16.5. The van der Waals surface area contributed by atoms with Crippen LogP contribution in [0.2, 0.25) is 0 Å². The molecule has 0 spiro atoms. The van der Waals surface area contributed by atoms with Crippen LogP contribution in [0.5, 0.6) is 5.75 Å². The number of carbonyl (C=O) groups excluding carboxylic acids is 1. The van der Waals surface area contributed by atoms with Gasteiger partial charge in [-0.2, -0.15) is 0 Å². The van der Waals surface area contributed by atoms with E-state index in [-0.39, 0.29) is 5.91 Å². The van der Waals surface area contributed by atoms with Crippen LogP contribution in [0.1, 0.15) is 31.2 Å². The van der Waals surface area contributed by atoms with Crippen molar-refractivity contribution < 1.29 is 9.53 Å². The van der Waals surface area contributed by atoms with Crippen molar-refractivity contribution in [2.75, 3.05) is 13.7 Å². The number of ether oxygens (including phenoxy) is 1. The first-order valence-corrected chi connectivity index (χ1v) is 8.16. The molecular weight excluding hydrogens is 276 g/mol. The van der Waals surface area contributed by atoms with Crippen LogP contribution in [0.4, 0.5) is 0 Å². The first-order valence-electron chi connectivity index (χ1n) is 8.16. The summed E-state index contributed by atoms with van der Waals surface area (Å²) in [5.74, 6) is 0.974. The zero-order chi connectivity index (χ0) is 15.1. The molecule has 2 atom stereocenters. The van der Waals surface area contributed by atoms with Gasteiger partial charge in [0.05, 0.1) is 5.57 Å². The Bertz CT molecular complexity index is 613. The summed E-state index contributed by atoms with van der Waals surface area (Å²) in [6, 6.07) is 9.40. The molecule has 0 aromatic heterocycles. The molecule has 1 amide bonds. The number of para-hydroxylation sites is 1. The first-order chi connectivity index (χ1) is 10.7. The summed E-state index contributed by atoms with van der Waals surface area (Å²) in [5, 5.41) is 3.63. The summed E-state index contributed by atoms with van der Waals surface area (Å²) in [6.07, 6.45) is 6.63. The number of fused-ring (bicyclic) bond motifs is 3. The molecule has 1 aromatic carbocycles. The maximum absolute atomic E-state index is 12.8. The Kier molecular flexibility index (Phi) is 3.41. The lowest BCUT2D eigenvalue weighted by molar-refractivity contribution is -0.128. The van der Waals surface area contributed by atoms with Gasteiger partial charge in [-0.25, -0.2) is 0 Å². The minimum absolute atomic E-state index is 0.112. The normalized spacial score (nSPS) is 29.3. The molecule has 1 aromatic rings. The number of amides is 1. The number of rotatable bonds is 2. The lowest BCUT2D eigenvalue weighted by Gasteiger charge is -2.36. The van der Waals surface area contributed by atoms with E-state index in [1.807, 2.05) is 42.3 Å². The summed E-state index contributed by atoms with van der Waals surface area (Å²) < 4.78 is 5.72. The average Bonchev–Trinajstić information content (AvgIpc) is 2.91. The average molecular weight is 298 g/mol. The lowest BCUT2D eigenvalue weighted by atomic mass is 9.97. The molecule has 22 heavy (non-hydrogen) atoms. The van der Waals surface area contributed by atoms with Crippen molar-refractivity contribution in [2.45, 2.75) is 43.8 Å². The van der Waals surface area contributed by atoms with E-state index in [1.54, 1.807) is 0 Å². The number of nitrogens with one attached hydrogen (secondary N) is 1. The topological polar surface area (TPSA) is 41.6 Å². The fourth-order valence-corrected chi connectivity index (χ4v) is 3.98. The minimum Gasteiger partial charge on any atom is -0.488 e.